The Morgan fingerprint density at radius 1 is 1.21 bits per heavy atom. The van der Waals surface area contributed by atoms with E-state index in [1.165, 1.54) is 10.6 Å². The zero-order valence-electron chi connectivity index (χ0n) is 10.7. The lowest BCUT2D eigenvalue weighted by Crippen LogP contribution is -2.18. The summed E-state index contributed by atoms with van der Waals surface area (Å²) < 4.78 is 1.44. The molecule has 0 saturated heterocycles. The zero-order chi connectivity index (χ0) is 14.0. The number of nitrogens with zero attached hydrogens (tertiary/aromatic N) is 2. The van der Waals surface area contributed by atoms with E-state index in [1.54, 1.807) is 18.3 Å². The van der Waals surface area contributed by atoms with E-state index in [2.05, 4.69) is 0 Å². The molecule has 0 fully saturated rings. The molecule has 0 saturated carbocycles. The fraction of sp³-hybridized carbons (Fsp3) is 0.214. The molecule has 0 aliphatic carbocycles. The molecule has 0 unspecified atom stereocenters. The van der Waals surface area contributed by atoms with Gasteiger partial charge in [-0.2, -0.15) is 0 Å². The second-order valence-corrected chi connectivity index (χ2v) is 5.00. The number of hydrogen-bond donors (Lipinski definition) is 0. The van der Waals surface area contributed by atoms with Crippen LogP contribution in [0.5, 0.6) is 0 Å². The molecule has 0 bridgehead atoms. The topological polar surface area (TPSA) is 25.2 Å². The van der Waals surface area contributed by atoms with Crippen molar-refractivity contribution in [1.82, 2.24) is 4.57 Å². The molecular weight excluding hydrogens is 283 g/mol. The molecular formula is C14H14Cl2N2O. The number of rotatable bonds is 3. The lowest BCUT2D eigenvalue weighted by Gasteiger charge is -2.19. The molecule has 5 heteroatoms. The van der Waals surface area contributed by atoms with E-state index >= 15 is 0 Å². The standard InChI is InChI=1S/C14H14Cl2N2O/c1-3-17(2)10-8-11(15)14(12(16)9-10)18-7-5-4-6-13(18)19/h4-9H,3H2,1-2H3. The van der Waals surface area contributed by atoms with Crippen LogP contribution in [-0.4, -0.2) is 18.2 Å². The van der Waals surface area contributed by atoms with Crippen LogP contribution in [0.3, 0.4) is 0 Å². The summed E-state index contributed by atoms with van der Waals surface area (Å²) in [7, 11) is 1.95. The Balaban J connectivity index is 2.61. The van der Waals surface area contributed by atoms with E-state index < -0.39 is 0 Å². The zero-order valence-corrected chi connectivity index (χ0v) is 12.2. The lowest BCUT2D eigenvalue weighted by molar-refractivity contribution is 0.960. The van der Waals surface area contributed by atoms with Gasteiger partial charge in [-0.15, -0.1) is 0 Å². The van der Waals surface area contributed by atoms with Gasteiger partial charge < -0.3 is 4.90 Å². The molecule has 100 valence electrons. The molecule has 0 spiro atoms. The van der Waals surface area contributed by atoms with E-state index in [1.807, 2.05) is 31.0 Å². The van der Waals surface area contributed by atoms with Gasteiger partial charge in [-0.05, 0) is 25.1 Å². The second-order valence-electron chi connectivity index (χ2n) is 4.18. The highest BCUT2D eigenvalue weighted by molar-refractivity contribution is 6.38. The number of pyridine rings is 1. The first-order valence-corrected chi connectivity index (χ1v) is 6.68. The molecule has 0 aliphatic rings. The van der Waals surface area contributed by atoms with Crippen molar-refractivity contribution in [2.45, 2.75) is 6.92 Å². The molecule has 1 aromatic carbocycles. The van der Waals surface area contributed by atoms with E-state index in [4.69, 9.17) is 23.2 Å². The Morgan fingerprint density at radius 2 is 1.84 bits per heavy atom. The molecule has 1 heterocycles. The quantitative estimate of drug-likeness (QED) is 0.865. The highest BCUT2D eigenvalue weighted by Gasteiger charge is 2.12. The van der Waals surface area contributed by atoms with Crippen LogP contribution in [0.15, 0.2) is 41.3 Å². The van der Waals surface area contributed by atoms with Crippen LogP contribution in [0, 0.1) is 0 Å². The molecule has 1 aromatic heterocycles. The molecule has 0 atom stereocenters. The average Bonchev–Trinajstić information content (AvgIpc) is 2.39. The maximum Gasteiger partial charge on any atom is 0.255 e. The summed E-state index contributed by atoms with van der Waals surface area (Å²) in [5.74, 6) is 0. The van der Waals surface area contributed by atoms with Crippen LogP contribution in [0.25, 0.3) is 5.69 Å². The number of hydrogen-bond acceptors (Lipinski definition) is 2. The van der Waals surface area contributed by atoms with Crippen molar-refractivity contribution in [3.63, 3.8) is 0 Å². The van der Waals surface area contributed by atoms with E-state index in [0.717, 1.165) is 12.2 Å². The SMILES string of the molecule is CCN(C)c1cc(Cl)c(-n2ccccc2=O)c(Cl)c1. The fourth-order valence-corrected chi connectivity index (χ4v) is 2.46. The van der Waals surface area contributed by atoms with Crippen molar-refractivity contribution in [2.75, 3.05) is 18.5 Å². The van der Waals surface area contributed by atoms with Crippen molar-refractivity contribution in [1.29, 1.82) is 0 Å². The van der Waals surface area contributed by atoms with Crippen molar-refractivity contribution in [3.8, 4) is 5.69 Å². The smallest absolute Gasteiger partial charge is 0.255 e. The summed E-state index contributed by atoms with van der Waals surface area (Å²) >= 11 is 12.5. The third-order valence-corrected chi connectivity index (χ3v) is 3.56. The van der Waals surface area contributed by atoms with Gasteiger partial charge in [0.05, 0.1) is 15.7 Å². The minimum atomic E-state index is -0.164. The Morgan fingerprint density at radius 3 is 2.37 bits per heavy atom. The monoisotopic (exact) mass is 296 g/mol. The fourth-order valence-electron chi connectivity index (χ4n) is 1.80. The van der Waals surface area contributed by atoms with Gasteiger partial charge in [0.15, 0.2) is 0 Å². The van der Waals surface area contributed by atoms with Crippen molar-refractivity contribution >= 4 is 28.9 Å². The van der Waals surface area contributed by atoms with Crippen molar-refractivity contribution in [2.24, 2.45) is 0 Å². The summed E-state index contributed by atoms with van der Waals surface area (Å²) in [6.45, 7) is 2.88. The number of halogens is 2. The van der Waals surface area contributed by atoms with Gasteiger partial charge in [-0.25, -0.2) is 0 Å². The Kier molecular flexibility index (Phi) is 4.17. The van der Waals surface area contributed by atoms with Crippen molar-refractivity contribution < 1.29 is 0 Å². The molecule has 3 nitrogen and oxygen atoms in total. The molecule has 0 amide bonds. The number of anilines is 1. The van der Waals surface area contributed by atoms with Crippen LogP contribution in [-0.2, 0) is 0 Å². The first-order valence-electron chi connectivity index (χ1n) is 5.93. The van der Waals surface area contributed by atoms with Gasteiger partial charge in [0.25, 0.3) is 5.56 Å². The maximum atomic E-state index is 11.8. The van der Waals surface area contributed by atoms with Crippen LogP contribution in [0.2, 0.25) is 10.0 Å². The largest absolute Gasteiger partial charge is 0.375 e. The van der Waals surface area contributed by atoms with E-state index in [-0.39, 0.29) is 5.56 Å². The van der Waals surface area contributed by atoms with Gasteiger partial charge in [-0.1, -0.05) is 29.3 Å². The van der Waals surface area contributed by atoms with Gasteiger partial charge in [0, 0.05) is 31.5 Å². The molecule has 0 N–H and O–H groups in total. The van der Waals surface area contributed by atoms with Crippen LogP contribution in [0.1, 0.15) is 6.92 Å². The van der Waals surface area contributed by atoms with Gasteiger partial charge in [0.2, 0.25) is 0 Å². The maximum absolute atomic E-state index is 11.8. The van der Waals surface area contributed by atoms with Crippen molar-refractivity contribution in [3.05, 3.63) is 56.9 Å². The predicted molar refractivity (Wildman–Crippen MR) is 81.0 cm³/mol. The first-order chi connectivity index (χ1) is 9.04. The number of aromatic nitrogens is 1. The third-order valence-electron chi connectivity index (χ3n) is 2.98. The number of benzene rings is 1. The van der Waals surface area contributed by atoms with Crippen LogP contribution < -0.4 is 10.5 Å². The molecule has 19 heavy (non-hydrogen) atoms. The van der Waals surface area contributed by atoms with Crippen LogP contribution in [0.4, 0.5) is 5.69 Å². The Hall–Kier alpha value is -1.45. The first kappa shape index (κ1) is 14.0. The second kappa shape index (κ2) is 5.68. The molecule has 0 radical (unpaired) electrons. The Labute approximate surface area is 122 Å². The van der Waals surface area contributed by atoms with E-state index in [9.17, 15) is 4.79 Å². The predicted octanol–water partition coefficient (Wildman–Crippen LogP) is 3.60. The van der Waals surface area contributed by atoms with Gasteiger partial charge in [-0.3, -0.25) is 9.36 Å². The molecule has 2 rings (SSSR count). The van der Waals surface area contributed by atoms with Gasteiger partial charge >= 0.3 is 0 Å². The average molecular weight is 297 g/mol. The molecule has 2 aromatic rings. The minimum Gasteiger partial charge on any atom is -0.375 e. The molecule has 0 aliphatic heterocycles. The summed E-state index contributed by atoms with van der Waals surface area (Å²) in [6.07, 6.45) is 1.65. The van der Waals surface area contributed by atoms with Crippen LogP contribution >= 0.6 is 23.2 Å². The highest BCUT2D eigenvalue weighted by atomic mass is 35.5. The van der Waals surface area contributed by atoms with E-state index in [0.29, 0.717) is 15.7 Å². The normalized spacial score (nSPS) is 10.5. The highest BCUT2D eigenvalue weighted by Crippen LogP contribution is 2.32. The summed E-state index contributed by atoms with van der Waals surface area (Å²) in [6, 6.07) is 8.54. The lowest BCUT2D eigenvalue weighted by atomic mass is 10.2. The minimum absolute atomic E-state index is 0.164. The summed E-state index contributed by atoms with van der Waals surface area (Å²) in [5, 5.41) is 0.909. The third kappa shape index (κ3) is 2.77. The summed E-state index contributed by atoms with van der Waals surface area (Å²) in [4.78, 5) is 13.9. The van der Waals surface area contributed by atoms with Gasteiger partial charge in [0.1, 0.15) is 0 Å². The summed E-state index contributed by atoms with van der Waals surface area (Å²) in [5.41, 5.74) is 1.27. The Bertz CT molecular complexity index is 629.